The van der Waals surface area contributed by atoms with E-state index in [0.29, 0.717) is 27.2 Å². The van der Waals surface area contributed by atoms with Crippen molar-refractivity contribution in [2.24, 2.45) is 0 Å². The van der Waals surface area contributed by atoms with Crippen LogP contribution in [0, 0.1) is 0 Å². The zero-order valence-electron chi connectivity index (χ0n) is 15.2. The second-order valence-electron chi connectivity index (χ2n) is 6.92. The molecule has 0 radical (unpaired) electrons. The van der Waals surface area contributed by atoms with E-state index in [2.05, 4.69) is 31.9 Å². The van der Waals surface area contributed by atoms with Gasteiger partial charge in [-0.3, -0.25) is 14.5 Å². The summed E-state index contributed by atoms with van der Waals surface area (Å²) in [4.78, 5) is 28.6. The van der Waals surface area contributed by atoms with Crippen molar-refractivity contribution in [1.82, 2.24) is 0 Å². The molecule has 1 atom stereocenters. The molecule has 4 aromatic rings. The lowest BCUT2D eigenvalue weighted by atomic mass is 9.98. The van der Waals surface area contributed by atoms with Gasteiger partial charge in [-0.05, 0) is 54.1 Å². The summed E-state index contributed by atoms with van der Waals surface area (Å²) in [5, 5.41) is 0.998. The van der Waals surface area contributed by atoms with Gasteiger partial charge in [0.25, 0.3) is 5.91 Å². The molecule has 1 aliphatic heterocycles. The summed E-state index contributed by atoms with van der Waals surface area (Å²) in [7, 11) is 0. The summed E-state index contributed by atoms with van der Waals surface area (Å²) >= 11 is 12.9. The van der Waals surface area contributed by atoms with Crippen LogP contribution in [0.1, 0.15) is 27.7 Å². The van der Waals surface area contributed by atoms with Gasteiger partial charge in [-0.1, -0.05) is 61.7 Å². The van der Waals surface area contributed by atoms with E-state index in [1.165, 1.54) is 0 Å². The maximum atomic E-state index is 13.5. The molecule has 4 nitrogen and oxygen atoms in total. The molecule has 1 aromatic heterocycles. The van der Waals surface area contributed by atoms with Crippen LogP contribution in [0.3, 0.4) is 0 Å². The van der Waals surface area contributed by atoms with E-state index in [4.69, 9.17) is 16.0 Å². The molecule has 0 fully saturated rings. The Morgan fingerprint density at radius 1 is 0.900 bits per heavy atom. The molecule has 3 aromatic carbocycles. The fourth-order valence-electron chi connectivity index (χ4n) is 3.80. The minimum Gasteiger partial charge on any atom is -0.450 e. The van der Waals surface area contributed by atoms with Crippen molar-refractivity contribution < 1.29 is 9.21 Å². The number of halogens is 3. The number of nitrogens with zero attached hydrogens (tertiary/aromatic N) is 1. The number of hydrogen-bond donors (Lipinski definition) is 0. The van der Waals surface area contributed by atoms with Gasteiger partial charge in [0.1, 0.15) is 5.58 Å². The Labute approximate surface area is 193 Å². The molecule has 1 unspecified atom stereocenters. The maximum Gasteiger partial charge on any atom is 0.295 e. The number of fused-ring (bicyclic) bond motifs is 2. The summed E-state index contributed by atoms with van der Waals surface area (Å²) in [6.07, 6.45) is 0. The maximum absolute atomic E-state index is 13.5. The average Bonchev–Trinajstić information content (AvgIpc) is 3.02. The molecule has 1 aliphatic rings. The van der Waals surface area contributed by atoms with E-state index in [-0.39, 0.29) is 17.1 Å². The first-order valence-corrected chi connectivity index (χ1v) is 11.0. The van der Waals surface area contributed by atoms with Crippen LogP contribution >= 0.6 is 43.5 Å². The van der Waals surface area contributed by atoms with Crippen LogP contribution in [0.5, 0.6) is 0 Å². The number of benzene rings is 3. The monoisotopic (exact) mass is 543 g/mol. The van der Waals surface area contributed by atoms with Gasteiger partial charge in [-0.15, -0.1) is 0 Å². The van der Waals surface area contributed by atoms with Crippen LogP contribution in [-0.4, -0.2) is 5.91 Å². The largest absolute Gasteiger partial charge is 0.450 e. The molecule has 0 saturated heterocycles. The van der Waals surface area contributed by atoms with Gasteiger partial charge in [0, 0.05) is 19.7 Å². The average molecular weight is 546 g/mol. The molecule has 0 N–H and O–H groups in total. The number of amides is 1. The highest BCUT2D eigenvalue weighted by Gasteiger charge is 2.43. The van der Waals surface area contributed by atoms with E-state index in [0.717, 1.165) is 14.5 Å². The third-order valence-electron chi connectivity index (χ3n) is 5.10. The van der Waals surface area contributed by atoms with Crippen LogP contribution in [0.15, 0.2) is 84.9 Å². The Balaban J connectivity index is 1.83. The third kappa shape index (κ3) is 3.11. The van der Waals surface area contributed by atoms with Crippen LogP contribution in [-0.2, 0) is 0 Å². The minimum atomic E-state index is -0.626. The molecule has 0 aliphatic carbocycles. The highest BCUT2D eigenvalue weighted by molar-refractivity contribution is 9.10. The standard InChI is InChI=1S/C23H12Br2ClNO3/c24-13-2-1-3-16(10-13)27-20(12-4-7-15(26)8-5-12)19-21(28)17-11-14(25)6-9-18(17)30-22(19)23(27)29/h1-11,20H. The van der Waals surface area contributed by atoms with Crippen molar-refractivity contribution in [2.45, 2.75) is 6.04 Å². The normalized spacial score (nSPS) is 15.6. The van der Waals surface area contributed by atoms with Crippen LogP contribution < -0.4 is 10.3 Å². The quantitative estimate of drug-likeness (QED) is 0.281. The van der Waals surface area contributed by atoms with Gasteiger partial charge in [-0.25, -0.2) is 0 Å². The van der Waals surface area contributed by atoms with Gasteiger partial charge >= 0.3 is 0 Å². The fraction of sp³-hybridized carbons (Fsp3) is 0.0435. The molecule has 0 saturated carbocycles. The number of carbonyl (C=O) groups is 1. The SMILES string of the molecule is O=C1c2oc3ccc(Br)cc3c(=O)c2C(c2ccc(Cl)cc2)N1c1cccc(Br)c1. The van der Waals surface area contributed by atoms with Crippen molar-refractivity contribution in [3.63, 3.8) is 0 Å². The van der Waals surface area contributed by atoms with E-state index in [9.17, 15) is 9.59 Å². The third-order valence-corrected chi connectivity index (χ3v) is 6.34. The summed E-state index contributed by atoms with van der Waals surface area (Å²) in [5.41, 5.74) is 1.91. The van der Waals surface area contributed by atoms with E-state index in [1.807, 2.05) is 36.4 Å². The summed E-state index contributed by atoms with van der Waals surface area (Å²) in [6, 6.07) is 19.1. The lowest BCUT2D eigenvalue weighted by Crippen LogP contribution is -2.29. The number of anilines is 1. The first-order valence-electron chi connectivity index (χ1n) is 9.05. The van der Waals surface area contributed by atoms with Gasteiger partial charge in [0.05, 0.1) is 17.0 Å². The molecule has 148 valence electrons. The number of hydrogen-bond acceptors (Lipinski definition) is 3. The molecule has 30 heavy (non-hydrogen) atoms. The van der Waals surface area contributed by atoms with Gasteiger partial charge < -0.3 is 4.42 Å². The van der Waals surface area contributed by atoms with Crippen molar-refractivity contribution in [3.05, 3.63) is 108 Å². The smallest absolute Gasteiger partial charge is 0.295 e. The highest BCUT2D eigenvalue weighted by Crippen LogP contribution is 2.42. The predicted octanol–water partition coefficient (Wildman–Crippen LogP) is 6.72. The zero-order valence-corrected chi connectivity index (χ0v) is 19.2. The predicted molar refractivity (Wildman–Crippen MR) is 124 cm³/mol. The second kappa shape index (κ2) is 7.38. The Hall–Kier alpha value is -2.41. The summed E-state index contributed by atoms with van der Waals surface area (Å²) < 4.78 is 7.55. The summed E-state index contributed by atoms with van der Waals surface area (Å²) in [5.74, 6) is -0.292. The molecule has 2 heterocycles. The van der Waals surface area contributed by atoms with Gasteiger partial charge in [0.2, 0.25) is 5.76 Å². The van der Waals surface area contributed by atoms with Crippen molar-refractivity contribution >= 4 is 66.0 Å². The Kier molecular flexibility index (Phi) is 4.81. The zero-order chi connectivity index (χ0) is 21.0. The first-order chi connectivity index (χ1) is 14.4. The van der Waals surface area contributed by atoms with Crippen molar-refractivity contribution in [3.8, 4) is 0 Å². The van der Waals surface area contributed by atoms with Crippen molar-refractivity contribution in [2.75, 3.05) is 4.90 Å². The molecule has 0 spiro atoms. The summed E-state index contributed by atoms with van der Waals surface area (Å²) in [6.45, 7) is 0. The first kappa shape index (κ1) is 19.5. The van der Waals surface area contributed by atoms with E-state index in [1.54, 1.807) is 35.2 Å². The van der Waals surface area contributed by atoms with Gasteiger partial charge in [0.15, 0.2) is 5.43 Å². The molecular formula is C23H12Br2ClNO3. The lowest BCUT2D eigenvalue weighted by molar-refractivity contribution is 0.0971. The molecule has 5 rings (SSSR count). The highest BCUT2D eigenvalue weighted by atomic mass is 79.9. The Morgan fingerprint density at radius 3 is 2.37 bits per heavy atom. The number of rotatable bonds is 2. The fourth-order valence-corrected chi connectivity index (χ4v) is 4.67. The number of carbonyl (C=O) groups excluding carboxylic acids is 1. The second-order valence-corrected chi connectivity index (χ2v) is 9.19. The van der Waals surface area contributed by atoms with Crippen LogP contribution in [0.4, 0.5) is 5.69 Å². The van der Waals surface area contributed by atoms with Gasteiger partial charge in [-0.2, -0.15) is 0 Å². The topological polar surface area (TPSA) is 50.5 Å². The van der Waals surface area contributed by atoms with E-state index >= 15 is 0 Å². The minimum absolute atomic E-state index is 0.0646. The van der Waals surface area contributed by atoms with E-state index < -0.39 is 6.04 Å². The Morgan fingerprint density at radius 2 is 1.63 bits per heavy atom. The molecule has 1 amide bonds. The van der Waals surface area contributed by atoms with Crippen LogP contribution in [0.2, 0.25) is 5.02 Å². The molecule has 7 heteroatoms. The van der Waals surface area contributed by atoms with Crippen molar-refractivity contribution in [1.29, 1.82) is 0 Å². The lowest BCUT2D eigenvalue weighted by Gasteiger charge is -2.25. The Bertz CT molecular complexity index is 1380. The molecular weight excluding hydrogens is 534 g/mol. The van der Waals surface area contributed by atoms with Crippen LogP contribution in [0.25, 0.3) is 11.0 Å². The molecule has 0 bridgehead atoms.